The van der Waals surface area contributed by atoms with Gasteiger partial charge in [0.1, 0.15) is 0 Å². The Labute approximate surface area is 159 Å². The molecule has 3 aliphatic rings. The molecule has 5 rings (SSSR count). The molecule has 3 aliphatic heterocycles. The molecule has 5 nitrogen and oxygen atoms in total. The van der Waals surface area contributed by atoms with Gasteiger partial charge in [0.25, 0.3) is 11.1 Å². The van der Waals surface area contributed by atoms with Crippen molar-refractivity contribution in [1.29, 1.82) is 0 Å². The molecule has 0 spiro atoms. The van der Waals surface area contributed by atoms with E-state index in [0.717, 1.165) is 13.3 Å². The van der Waals surface area contributed by atoms with Crippen LogP contribution in [0, 0.1) is 5.92 Å². The molecule has 1 N–H and O–H groups in total. The van der Waals surface area contributed by atoms with E-state index in [1.807, 2.05) is 18.3 Å². The van der Waals surface area contributed by atoms with Crippen molar-refractivity contribution < 1.29 is 9.53 Å². The van der Waals surface area contributed by atoms with E-state index in [-0.39, 0.29) is 11.9 Å². The molecule has 2 unspecified atom stereocenters. The summed E-state index contributed by atoms with van der Waals surface area (Å²) < 4.78 is 7.29. The van der Waals surface area contributed by atoms with Crippen LogP contribution in [-0.2, 0) is 0 Å². The number of thiophene rings is 1. The molecule has 0 aliphatic carbocycles. The van der Waals surface area contributed by atoms with Crippen molar-refractivity contribution in [3.8, 4) is 5.19 Å². The van der Waals surface area contributed by atoms with Crippen LogP contribution in [0.5, 0.6) is 5.19 Å². The number of amides is 1. The SMILES string of the molecule is COc1ncc(Sc2ccc(C(=O)NC3C4CCN(CC4)C3C)s2)s1. The number of rotatable bonds is 5. The number of hydrogen-bond donors (Lipinski definition) is 1. The van der Waals surface area contributed by atoms with Crippen LogP contribution in [0.3, 0.4) is 0 Å². The van der Waals surface area contributed by atoms with Gasteiger partial charge in [0.05, 0.1) is 26.6 Å². The molecule has 0 aromatic carbocycles. The van der Waals surface area contributed by atoms with Gasteiger partial charge in [-0.2, -0.15) is 0 Å². The molecule has 8 heteroatoms. The zero-order chi connectivity index (χ0) is 17.4. The van der Waals surface area contributed by atoms with Crippen molar-refractivity contribution in [2.24, 2.45) is 5.92 Å². The summed E-state index contributed by atoms with van der Waals surface area (Å²) in [5.74, 6) is 0.687. The topological polar surface area (TPSA) is 54.5 Å². The fourth-order valence-electron chi connectivity index (χ4n) is 3.75. The zero-order valence-electron chi connectivity index (χ0n) is 14.2. The average Bonchev–Trinajstić information content (AvgIpc) is 3.28. The van der Waals surface area contributed by atoms with Crippen molar-refractivity contribution in [1.82, 2.24) is 15.2 Å². The van der Waals surface area contributed by atoms with Crippen molar-refractivity contribution in [3.63, 3.8) is 0 Å². The highest BCUT2D eigenvalue weighted by molar-refractivity contribution is 8.02. The lowest BCUT2D eigenvalue weighted by Gasteiger charge is -2.49. The van der Waals surface area contributed by atoms with E-state index >= 15 is 0 Å². The molecule has 1 amide bonds. The maximum Gasteiger partial charge on any atom is 0.273 e. The number of methoxy groups -OCH3 is 1. The number of aromatic nitrogens is 1. The lowest BCUT2D eigenvalue weighted by molar-refractivity contribution is 0.0218. The number of thiazole rings is 1. The molecule has 5 heterocycles. The van der Waals surface area contributed by atoms with E-state index in [1.54, 1.807) is 18.9 Å². The third-order valence-corrected chi connectivity index (χ3v) is 8.40. The third kappa shape index (κ3) is 3.58. The minimum absolute atomic E-state index is 0.0596. The fraction of sp³-hybridized carbons (Fsp3) is 0.529. The van der Waals surface area contributed by atoms with E-state index in [2.05, 4.69) is 22.1 Å². The number of piperidine rings is 3. The quantitative estimate of drug-likeness (QED) is 0.839. The number of fused-ring (bicyclic) bond motifs is 3. The number of nitrogens with one attached hydrogen (secondary N) is 1. The van der Waals surface area contributed by atoms with Gasteiger partial charge < -0.3 is 10.1 Å². The Hall–Kier alpha value is -1.09. The lowest BCUT2D eigenvalue weighted by Crippen LogP contribution is -2.62. The van der Waals surface area contributed by atoms with Gasteiger partial charge in [-0.05, 0) is 50.9 Å². The highest BCUT2D eigenvalue weighted by Crippen LogP contribution is 2.38. The summed E-state index contributed by atoms with van der Waals surface area (Å²) in [5, 5.41) is 3.96. The lowest BCUT2D eigenvalue weighted by atomic mass is 9.79. The van der Waals surface area contributed by atoms with E-state index in [9.17, 15) is 4.79 Å². The van der Waals surface area contributed by atoms with Gasteiger partial charge >= 0.3 is 0 Å². The Bertz CT molecular complexity index is 750. The van der Waals surface area contributed by atoms with Gasteiger partial charge in [-0.1, -0.05) is 23.1 Å². The largest absolute Gasteiger partial charge is 0.473 e. The maximum atomic E-state index is 12.7. The predicted molar refractivity (Wildman–Crippen MR) is 102 cm³/mol. The number of carbonyl (C=O) groups excluding carboxylic acids is 1. The minimum Gasteiger partial charge on any atom is -0.473 e. The monoisotopic (exact) mass is 395 g/mol. The van der Waals surface area contributed by atoms with Gasteiger partial charge in [0.2, 0.25) is 0 Å². The van der Waals surface area contributed by atoms with Gasteiger partial charge in [-0.25, -0.2) is 4.98 Å². The summed E-state index contributed by atoms with van der Waals surface area (Å²) in [6.07, 6.45) is 4.21. The average molecular weight is 396 g/mol. The molecule has 3 fully saturated rings. The molecule has 2 bridgehead atoms. The molecule has 3 saturated heterocycles. The first-order valence-corrected chi connectivity index (χ1v) is 10.9. The van der Waals surface area contributed by atoms with Crippen LogP contribution in [0.4, 0.5) is 0 Å². The molecular weight excluding hydrogens is 374 g/mol. The molecule has 2 aromatic rings. The summed E-state index contributed by atoms with van der Waals surface area (Å²) in [6.45, 7) is 4.59. The molecule has 0 saturated carbocycles. The second-order valence-corrected chi connectivity index (χ2v) is 10.2. The Kier molecular flexibility index (Phi) is 5.04. The summed E-state index contributed by atoms with van der Waals surface area (Å²) >= 11 is 4.68. The highest BCUT2D eigenvalue weighted by atomic mass is 32.2. The Morgan fingerprint density at radius 2 is 2.12 bits per heavy atom. The third-order valence-electron chi connectivity index (χ3n) is 5.12. The van der Waals surface area contributed by atoms with Crippen LogP contribution in [-0.4, -0.2) is 48.1 Å². The van der Waals surface area contributed by atoms with E-state index in [4.69, 9.17) is 4.74 Å². The smallest absolute Gasteiger partial charge is 0.273 e. The number of carbonyl (C=O) groups is 1. The van der Waals surface area contributed by atoms with Crippen LogP contribution in [0.25, 0.3) is 0 Å². The number of nitrogens with zero attached hydrogens (tertiary/aromatic N) is 2. The molecule has 0 radical (unpaired) electrons. The second kappa shape index (κ2) is 7.26. The van der Waals surface area contributed by atoms with Gasteiger partial charge in [0.15, 0.2) is 0 Å². The first-order valence-electron chi connectivity index (χ1n) is 8.46. The highest BCUT2D eigenvalue weighted by Gasteiger charge is 2.40. The standard InChI is InChI=1S/C17H21N3O2S3/c1-10-15(11-5-7-20(10)8-6-11)19-16(21)12-3-4-13(23-12)24-14-9-18-17(22-2)25-14/h3-4,9-11,15H,5-8H2,1-2H3,(H,19,21). The molecule has 134 valence electrons. The molecule has 25 heavy (non-hydrogen) atoms. The van der Waals surface area contributed by atoms with Crippen LogP contribution in [0.2, 0.25) is 0 Å². The van der Waals surface area contributed by atoms with E-state index in [1.165, 1.54) is 48.6 Å². The van der Waals surface area contributed by atoms with Crippen LogP contribution >= 0.6 is 34.4 Å². The van der Waals surface area contributed by atoms with Crippen molar-refractivity contribution >= 4 is 40.3 Å². The molecular formula is C17H21N3O2S3. The number of hydrogen-bond acceptors (Lipinski definition) is 7. The van der Waals surface area contributed by atoms with Crippen LogP contribution < -0.4 is 10.1 Å². The van der Waals surface area contributed by atoms with E-state index in [0.29, 0.717) is 17.2 Å². The second-order valence-electron chi connectivity index (χ2n) is 6.48. The minimum atomic E-state index is 0.0596. The van der Waals surface area contributed by atoms with Gasteiger partial charge in [-0.3, -0.25) is 9.69 Å². The van der Waals surface area contributed by atoms with Crippen molar-refractivity contribution in [3.05, 3.63) is 23.2 Å². The first-order chi connectivity index (χ1) is 12.1. The first kappa shape index (κ1) is 17.3. The zero-order valence-corrected chi connectivity index (χ0v) is 16.7. The normalized spacial score (nSPS) is 28.1. The number of ether oxygens (including phenoxy) is 1. The summed E-state index contributed by atoms with van der Waals surface area (Å²) in [6, 6.07) is 4.65. The van der Waals surface area contributed by atoms with Crippen LogP contribution in [0.15, 0.2) is 26.7 Å². The summed E-state index contributed by atoms with van der Waals surface area (Å²) in [7, 11) is 1.62. The fourth-order valence-corrected chi connectivity index (χ4v) is 6.81. The van der Waals surface area contributed by atoms with Crippen molar-refractivity contribution in [2.75, 3.05) is 20.2 Å². The summed E-state index contributed by atoms with van der Waals surface area (Å²) in [4.78, 5) is 20.1. The maximum absolute atomic E-state index is 12.7. The van der Waals surface area contributed by atoms with Gasteiger partial charge in [0, 0.05) is 12.1 Å². The van der Waals surface area contributed by atoms with Crippen molar-refractivity contribution in [2.45, 2.75) is 40.3 Å². The predicted octanol–water partition coefficient (Wildman–Crippen LogP) is 3.58. The summed E-state index contributed by atoms with van der Waals surface area (Å²) in [5.41, 5.74) is 0. The van der Waals surface area contributed by atoms with E-state index < -0.39 is 0 Å². The Morgan fingerprint density at radius 1 is 1.32 bits per heavy atom. The Morgan fingerprint density at radius 3 is 2.80 bits per heavy atom. The molecule has 2 atom stereocenters. The van der Waals surface area contributed by atoms with Gasteiger partial charge in [-0.15, -0.1) is 11.3 Å². The Balaban J connectivity index is 1.40. The molecule has 2 aromatic heterocycles. The van der Waals surface area contributed by atoms with Crippen LogP contribution in [0.1, 0.15) is 29.4 Å².